The third kappa shape index (κ3) is 3.34. The molecule has 0 aromatic heterocycles. The van der Waals surface area contributed by atoms with E-state index in [1.54, 1.807) is 12.1 Å². The zero-order chi connectivity index (χ0) is 14.0. The number of nitrogens with two attached hydrogens (primary N) is 1. The predicted molar refractivity (Wildman–Crippen MR) is 77.5 cm³/mol. The number of hydrogen-bond acceptors (Lipinski definition) is 2. The van der Waals surface area contributed by atoms with Crippen LogP contribution in [-0.4, -0.2) is 24.5 Å². The van der Waals surface area contributed by atoms with Crippen molar-refractivity contribution in [2.24, 2.45) is 11.1 Å². The number of nitrogens with zero attached hydrogens (tertiary/aromatic N) is 1. The van der Waals surface area contributed by atoms with Crippen LogP contribution in [0.25, 0.3) is 0 Å². The molecular formula is C16H25FN2. The van der Waals surface area contributed by atoms with Gasteiger partial charge in [0.15, 0.2) is 0 Å². The Morgan fingerprint density at radius 1 is 1.32 bits per heavy atom. The molecule has 3 heteroatoms. The second kappa shape index (κ2) is 5.59. The van der Waals surface area contributed by atoms with E-state index < -0.39 is 0 Å². The quantitative estimate of drug-likeness (QED) is 0.908. The highest BCUT2D eigenvalue weighted by molar-refractivity contribution is 5.30. The van der Waals surface area contributed by atoms with Crippen LogP contribution in [0.2, 0.25) is 0 Å². The lowest BCUT2D eigenvalue weighted by molar-refractivity contribution is 0.0961. The van der Waals surface area contributed by atoms with E-state index in [9.17, 15) is 4.39 Å². The minimum absolute atomic E-state index is 0.170. The second-order valence-electron chi connectivity index (χ2n) is 6.45. The van der Waals surface area contributed by atoms with Gasteiger partial charge in [0.25, 0.3) is 0 Å². The van der Waals surface area contributed by atoms with Gasteiger partial charge in [0.1, 0.15) is 5.82 Å². The molecule has 2 nitrogen and oxygen atoms in total. The molecular weight excluding hydrogens is 239 g/mol. The van der Waals surface area contributed by atoms with E-state index in [1.807, 2.05) is 13.0 Å². The van der Waals surface area contributed by atoms with Gasteiger partial charge in [-0.25, -0.2) is 4.39 Å². The average molecular weight is 264 g/mol. The monoisotopic (exact) mass is 264 g/mol. The van der Waals surface area contributed by atoms with E-state index in [1.165, 1.54) is 18.4 Å². The molecule has 0 spiro atoms. The lowest BCUT2D eigenvalue weighted by Gasteiger charge is -2.41. The highest BCUT2D eigenvalue weighted by Gasteiger charge is 2.29. The fourth-order valence-corrected chi connectivity index (χ4v) is 2.93. The van der Waals surface area contributed by atoms with Crippen molar-refractivity contribution in [3.63, 3.8) is 0 Å². The Labute approximate surface area is 115 Å². The van der Waals surface area contributed by atoms with Crippen molar-refractivity contribution in [3.8, 4) is 0 Å². The van der Waals surface area contributed by atoms with Crippen molar-refractivity contribution in [1.29, 1.82) is 0 Å². The molecule has 0 radical (unpaired) electrons. The lowest BCUT2D eigenvalue weighted by atomic mass is 9.82. The normalized spacial score (nSPS) is 21.3. The van der Waals surface area contributed by atoms with E-state index in [2.05, 4.69) is 18.7 Å². The van der Waals surface area contributed by atoms with Gasteiger partial charge in [-0.3, -0.25) is 4.90 Å². The summed E-state index contributed by atoms with van der Waals surface area (Å²) in [6.07, 6.45) is 2.40. The van der Waals surface area contributed by atoms with Gasteiger partial charge in [-0.15, -0.1) is 0 Å². The number of hydrogen-bond donors (Lipinski definition) is 1. The zero-order valence-electron chi connectivity index (χ0n) is 12.2. The number of benzene rings is 1. The van der Waals surface area contributed by atoms with Crippen LogP contribution in [0.4, 0.5) is 4.39 Å². The summed E-state index contributed by atoms with van der Waals surface area (Å²) in [5.41, 5.74) is 8.58. The fraction of sp³-hybridized carbons (Fsp3) is 0.625. The van der Waals surface area contributed by atoms with E-state index in [0.29, 0.717) is 12.0 Å². The molecule has 106 valence electrons. The van der Waals surface area contributed by atoms with Gasteiger partial charge in [0.05, 0.1) is 0 Å². The predicted octanol–water partition coefficient (Wildman–Crippen LogP) is 3.26. The fourth-order valence-electron chi connectivity index (χ4n) is 2.93. The number of likely N-dealkylation sites (tertiary alicyclic amines) is 1. The minimum atomic E-state index is -0.170. The molecule has 1 aliphatic heterocycles. The maximum Gasteiger partial charge on any atom is 0.123 e. The molecule has 0 bridgehead atoms. The Bertz CT molecular complexity index is 432. The highest BCUT2D eigenvalue weighted by atomic mass is 19.1. The molecule has 2 N–H and O–H groups in total. The molecule has 0 amide bonds. The maximum atomic E-state index is 13.2. The summed E-state index contributed by atoms with van der Waals surface area (Å²) in [6, 6.07) is 5.25. The molecule has 1 aromatic carbocycles. The van der Waals surface area contributed by atoms with Crippen LogP contribution in [0.3, 0.4) is 0 Å². The molecule has 0 aliphatic carbocycles. The van der Waals surface area contributed by atoms with Gasteiger partial charge in [0, 0.05) is 12.6 Å². The van der Waals surface area contributed by atoms with Crippen LogP contribution in [-0.2, 0) is 0 Å². The van der Waals surface area contributed by atoms with Crippen LogP contribution < -0.4 is 5.73 Å². The molecule has 1 unspecified atom stereocenters. The molecule has 0 saturated carbocycles. The van der Waals surface area contributed by atoms with Crippen LogP contribution in [0, 0.1) is 18.2 Å². The van der Waals surface area contributed by atoms with Gasteiger partial charge in [-0.1, -0.05) is 19.9 Å². The first-order valence-electron chi connectivity index (χ1n) is 7.13. The Hall–Kier alpha value is -0.930. The van der Waals surface area contributed by atoms with Crippen molar-refractivity contribution in [3.05, 3.63) is 35.1 Å². The van der Waals surface area contributed by atoms with Crippen molar-refractivity contribution >= 4 is 0 Å². The van der Waals surface area contributed by atoms with Crippen molar-refractivity contribution in [2.45, 2.75) is 39.7 Å². The molecule has 2 rings (SSSR count). The number of halogens is 1. The average Bonchev–Trinajstić information content (AvgIpc) is 2.34. The van der Waals surface area contributed by atoms with Gasteiger partial charge >= 0.3 is 0 Å². The van der Waals surface area contributed by atoms with Crippen LogP contribution in [0.5, 0.6) is 0 Å². The Morgan fingerprint density at radius 2 is 1.95 bits per heavy atom. The van der Waals surface area contributed by atoms with E-state index >= 15 is 0 Å². The first kappa shape index (κ1) is 14.5. The van der Waals surface area contributed by atoms with Gasteiger partial charge < -0.3 is 5.73 Å². The smallest absolute Gasteiger partial charge is 0.123 e. The largest absolute Gasteiger partial charge is 0.329 e. The highest BCUT2D eigenvalue weighted by Crippen LogP contribution is 2.34. The van der Waals surface area contributed by atoms with E-state index in [-0.39, 0.29) is 11.9 Å². The molecule has 1 fully saturated rings. The topological polar surface area (TPSA) is 29.3 Å². The van der Waals surface area contributed by atoms with E-state index in [0.717, 1.165) is 18.7 Å². The third-order valence-electron chi connectivity index (χ3n) is 4.41. The molecule has 1 atom stereocenters. The van der Waals surface area contributed by atoms with Crippen molar-refractivity contribution in [2.75, 3.05) is 19.6 Å². The lowest BCUT2D eigenvalue weighted by Crippen LogP contribution is -2.42. The minimum Gasteiger partial charge on any atom is -0.329 e. The number of aryl methyl sites for hydroxylation is 1. The van der Waals surface area contributed by atoms with E-state index in [4.69, 9.17) is 5.73 Å². The summed E-state index contributed by atoms with van der Waals surface area (Å²) in [5.74, 6) is -0.170. The van der Waals surface area contributed by atoms with Crippen LogP contribution in [0.15, 0.2) is 18.2 Å². The third-order valence-corrected chi connectivity index (χ3v) is 4.41. The summed E-state index contributed by atoms with van der Waals surface area (Å²) in [7, 11) is 0. The van der Waals surface area contributed by atoms with Crippen molar-refractivity contribution in [1.82, 2.24) is 4.90 Å². The van der Waals surface area contributed by atoms with Crippen LogP contribution >= 0.6 is 0 Å². The molecule has 1 aromatic rings. The first-order chi connectivity index (χ1) is 8.93. The summed E-state index contributed by atoms with van der Waals surface area (Å²) < 4.78 is 13.2. The summed E-state index contributed by atoms with van der Waals surface area (Å²) >= 11 is 0. The van der Waals surface area contributed by atoms with Gasteiger partial charge in [0.2, 0.25) is 0 Å². The number of rotatable bonds is 3. The summed E-state index contributed by atoms with van der Waals surface area (Å²) in [5, 5.41) is 0. The molecule has 1 saturated heterocycles. The molecule has 1 aliphatic rings. The zero-order valence-corrected chi connectivity index (χ0v) is 12.2. The molecule has 19 heavy (non-hydrogen) atoms. The Morgan fingerprint density at radius 3 is 2.47 bits per heavy atom. The second-order valence-corrected chi connectivity index (χ2v) is 6.45. The van der Waals surface area contributed by atoms with Crippen molar-refractivity contribution < 1.29 is 4.39 Å². The SMILES string of the molecule is Cc1cc(F)ccc1C(CN)N1CCC(C)(C)CC1. The van der Waals surface area contributed by atoms with Gasteiger partial charge in [-0.05, 0) is 61.5 Å². The standard InChI is InChI=1S/C16H25FN2/c1-12-10-13(17)4-5-14(12)15(11-18)19-8-6-16(2,3)7-9-19/h4-5,10,15H,6-9,11,18H2,1-3H3. The van der Waals surface area contributed by atoms with Gasteiger partial charge in [-0.2, -0.15) is 0 Å². The maximum absolute atomic E-state index is 13.2. The number of piperidine rings is 1. The Kier molecular flexibility index (Phi) is 4.26. The Balaban J connectivity index is 2.16. The van der Waals surface area contributed by atoms with Crippen LogP contribution in [0.1, 0.15) is 43.9 Å². The molecule has 1 heterocycles. The first-order valence-corrected chi connectivity index (χ1v) is 7.13. The summed E-state index contributed by atoms with van der Waals surface area (Å²) in [6.45, 7) is 9.36. The summed E-state index contributed by atoms with van der Waals surface area (Å²) in [4.78, 5) is 2.45.